The Morgan fingerprint density at radius 3 is 2.78 bits per heavy atom. The molecule has 0 saturated carbocycles. The van der Waals surface area contributed by atoms with Crippen LogP contribution in [0.1, 0.15) is 18.9 Å². The normalized spacial score (nSPS) is 11.9. The van der Waals surface area contributed by atoms with Crippen LogP contribution in [0.3, 0.4) is 0 Å². The summed E-state index contributed by atoms with van der Waals surface area (Å²) in [5.41, 5.74) is 1.09. The molecule has 6 heteroatoms. The van der Waals surface area contributed by atoms with E-state index in [4.69, 9.17) is 0 Å². The molecule has 1 aromatic heterocycles. The topological polar surface area (TPSA) is 70.4 Å². The highest BCUT2D eigenvalue weighted by atomic mass is 16.3. The van der Waals surface area contributed by atoms with Gasteiger partial charge in [0.15, 0.2) is 0 Å². The molecule has 124 valence electrons. The van der Waals surface area contributed by atoms with E-state index in [2.05, 4.69) is 10.3 Å². The highest BCUT2D eigenvalue weighted by molar-refractivity contribution is 5.74. The number of nitrogens with zero attached hydrogens (tertiary/aromatic N) is 3. The van der Waals surface area contributed by atoms with Crippen LogP contribution in [0.25, 0.3) is 0 Å². The maximum absolute atomic E-state index is 12.1. The fourth-order valence-electron chi connectivity index (χ4n) is 2.31. The Morgan fingerprint density at radius 1 is 1.39 bits per heavy atom. The first-order valence-corrected chi connectivity index (χ1v) is 7.80. The molecule has 0 saturated heterocycles. The van der Waals surface area contributed by atoms with Gasteiger partial charge < -0.3 is 19.9 Å². The molecule has 23 heavy (non-hydrogen) atoms. The minimum absolute atomic E-state index is 0.0677. The van der Waals surface area contributed by atoms with Crippen LogP contribution >= 0.6 is 0 Å². The summed E-state index contributed by atoms with van der Waals surface area (Å²) in [5, 5.41) is 12.2. The summed E-state index contributed by atoms with van der Waals surface area (Å²) in [6.45, 7) is 3.48. The fourth-order valence-corrected chi connectivity index (χ4v) is 2.31. The lowest BCUT2D eigenvalue weighted by molar-refractivity contribution is 0.193. The fraction of sp³-hybridized carbons (Fsp3) is 0.412. The molecule has 6 nitrogen and oxygen atoms in total. The Balaban J connectivity index is 1.71. The van der Waals surface area contributed by atoms with E-state index in [1.54, 1.807) is 36.6 Å². The molecule has 1 atom stereocenters. The van der Waals surface area contributed by atoms with E-state index in [-0.39, 0.29) is 17.8 Å². The lowest BCUT2D eigenvalue weighted by Crippen LogP contribution is -2.43. The number of phenols is 1. The summed E-state index contributed by atoms with van der Waals surface area (Å²) in [6.07, 6.45) is 7.04. The van der Waals surface area contributed by atoms with Crippen molar-refractivity contribution in [3.8, 4) is 5.75 Å². The molecule has 2 N–H and O–H groups in total. The summed E-state index contributed by atoms with van der Waals surface area (Å²) in [6, 6.07) is 7.09. The Labute approximate surface area is 136 Å². The first-order chi connectivity index (χ1) is 11.1. The van der Waals surface area contributed by atoms with Gasteiger partial charge >= 0.3 is 6.03 Å². The molecule has 0 aliphatic rings. The predicted octanol–water partition coefficient (Wildman–Crippen LogP) is 2.25. The lowest BCUT2D eigenvalue weighted by atomic mass is 10.1. The molecule has 0 spiro atoms. The molecule has 1 heterocycles. The van der Waals surface area contributed by atoms with Crippen LogP contribution in [0, 0.1) is 0 Å². The van der Waals surface area contributed by atoms with Crippen LogP contribution in [0.4, 0.5) is 4.79 Å². The highest BCUT2D eigenvalue weighted by Crippen LogP contribution is 2.13. The van der Waals surface area contributed by atoms with Crippen molar-refractivity contribution in [2.24, 2.45) is 0 Å². The van der Waals surface area contributed by atoms with Gasteiger partial charge in [-0.3, -0.25) is 0 Å². The van der Waals surface area contributed by atoms with Crippen molar-refractivity contribution in [3.05, 3.63) is 48.5 Å². The summed E-state index contributed by atoms with van der Waals surface area (Å²) < 4.78 is 1.99. The molecule has 0 aliphatic heterocycles. The van der Waals surface area contributed by atoms with Crippen molar-refractivity contribution < 1.29 is 9.90 Å². The van der Waals surface area contributed by atoms with E-state index in [0.29, 0.717) is 6.54 Å². The second kappa shape index (κ2) is 8.22. The molecular formula is C17H24N4O2. The SMILES string of the molecule is CC(Cc1ccc(O)cc1)N(C)C(=O)NCCCn1ccnc1. The number of aromatic nitrogens is 2. The van der Waals surface area contributed by atoms with Gasteiger partial charge in [0.1, 0.15) is 5.75 Å². The number of hydrogen-bond acceptors (Lipinski definition) is 3. The Kier molecular flexibility index (Phi) is 6.02. The summed E-state index contributed by atoms with van der Waals surface area (Å²) in [4.78, 5) is 17.8. The van der Waals surface area contributed by atoms with Crippen LogP contribution in [0.2, 0.25) is 0 Å². The van der Waals surface area contributed by atoms with Gasteiger partial charge in [0.25, 0.3) is 0 Å². The second-order valence-electron chi connectivity index (χ2n) is 5.72. The maximum atomic E-state index is 12.1. The molecule has 2 amide bonds. The third-order valence-electron chi connectivity index (χ3n) is 3.88. The summed E-state index contributed by atoms with van der Waals surface area (Å²) in [7, 11) is 1.80. The standard InChI is InChI=1S/C17H24N4O2/c1-14(12-15-4-6-16(22)7-5-15)20(2)17(23)19-8-3-10-21-11-9-18-13-21/h4-7,9,11,13-14,22H,3,8,10,12H2,1-2H3,(H,19,23). The number of rotatable bonds is 7. The van der Waals surface area contributed by atoms with E-state index in [0.717, 1.165) is 24.9 Å². The number of likely N-dealkylation sites (N-methyl/N-ethyl adjacent to an activating group) is 1. The van der Waals surface area contributed by atoms with Crippen LogP contribution in [-0.2, 0) is 13.0 Å². The van der Waals surface area contributed by atoms with E-state index in [1.807, 2.05) is 29.8 Å². The van der Waals surface area contributed by atoms with Crippen LogP contribution in [0.15, 0.2) is 43.0 Å². The zero-order valence-electron chi connectivity index (χ0n) is 13.6. The smallest absolute Gasteiger partial charge is 0.317 e. The zero-order valence-corrected chi connectivity index (χ0v) is 13.6. The quantitative estimate of drug-likeness (QED) is 0.770. The largest absolute Gasteiger partial charge is 0.508 e. The van der Waals surface area contributed by atoms with Gasteiger partial charge in [0.05, 0.1) is 6.33 Å². The number of aromatic hydroxyl groups is 1. The van der Waals surface area contributed by atoms with Gasteiger partial charge in [-0.05, 0) is 37.5 Å². The van der Waals surface area contributed by atoms with Crippen LogP contribution in [0.5, 0.6) is 5.75 Å². The minimum atomic E-state index is -0.0677. The highest BCUT2D eigenvalue weighted by Gasteiger charge is 2.15. The number of nitrogens with one attached hydrogen (secondary N) is 1. The molecule has 0 radical (unpaired) electrons. The average Bonchev–Trinajstić information content (AvgIpc) is 3.06. The predicted molar refractivity (Wildman–Crippen MR) is 89.3 cm³/mol. The Hall–Kier alpha value is -2.50. The number of aryl methyl sites for hydroxylation is 1. The van der Waals surface area contributed by atoms with E-state index < -0.39 is 0 Å². The summed E-state index contributed by atoms with van der Waals surface area (Å²) >= 11 is 0. The Bertz CT molecular complexity index is 596. The van der Waals surface area contributed by atoms with Gasteiger partial charge in [-0.15, -0.1) is 0 Å². The first kappa shape index (κ1) is 16.9. The number of phenolic OH excluding ortho intramolecular Hbond substituents is 1. The number of amides is 2. The van der Waals surface area contributed by atoms with Gasteiger partial charge in [-0.2, -0.15) is 0 Å². The monoisotopic (exact) mass is 316 g/mol. The van der Waals surface area contributed by atoms with Gasteiger partial charge in [0, 0.05) is 38.6 Å². The molecule has 1 unspecified atom stereocenters. The van der Waals surface area contributed by atoms with Crippen molar-refractivity contribution >= 4 is 6.03 Å². The molecule has 0 fully saturated rings. The van der Waals surface area contributed by atoms with Crippen LogP contribution in [-0.4, -0.2) is 45.2 Å². The Morgan fingerprint density at radius 2 is 2.13 bits per heavy atom. The van der Waals surface area contributed by atoms with Crippen LogP contribution < -0.4 is 5.32 Å². The number of imidazole rings is 1. The molecule has 1 aromatic carbocycles. The number of carbonyl (C=O) groups excluding carboxylic acids is 1. The van der Waals surface area contributed by atoms with E-state index in [1.165, 1.54) is 0 Å². The van der Waals surface area contributed by atoms with Gasteiger partial charge in [-0.1, -0.05) is 12.1 Å². The molecule has 0 aliphatic carbocycles. The molecule has 0 bridgehead atoms. The average molecular weight is 316 g/mol. The second-order valence-corrected chi connectivity index (χ2v) is 5.72. The molecular weight excluding hydrogens is 292 g/mol. The van der Waals surface area contributed by atoms with Crippen molar-refractivity contribution in [3.63, 3.8) is 0 Å². The third kappa shape index (κ3) is 5.32. The third-order valence-corrected chi connectivity index (χ3v) is 3.88. The first-order valence-electron chi connectivity index (χ1n) is 7.80. The maximum Gasteiger partial charge on any atom is 0.317 e. The molecule has 2 aromatic rings. The zero-order chi connectivity index (χ0) is 16.7. The van der Waals surface area contributed by atoms with Gasteiger partial charge in [-0.25, -0.2) is 9.78 Å². The number of benzene rings is 1. The summed E-state index contributed by atoms with van der Waals surface area (Å²) in [5.74, 6) is 0.255. The van der Waals surface area contributed by atoms with Crippen molar-refractivity contribution in [2.45, 2.75) is 32.4 Å². The minimum Gasteiger partial charge on any atom is -0.508 e. The van der Waals surface area contributed by atoms with Crippen molar-refractivity contribution in [1.29, 1.82) is 0 Å². The molecule has 2 rings (SSSR count). The van der Waals surface area contributed by atoms with E-state index >= 15 is 0 Å². The van der Waals surface area contributed by atoms with Crippen molar-refractivity contribution in [1.82, 2.24) is 19.8 Å². The van der Waals surface area contributed by atoms with E-state index in [9.17, 15) is 9.90 Å². The number of carbonyl (C=O) groups is 1. The number of urea groups is 1. The lowest BCUT2D eigenvalue weighted by Gasteiger charge is -2.25. The van der Waals surface area contributed by atoms with Gasteiger partial charge in [0.2, 0.25) is 0 Å². The number of hydrogen-bond donors (Lipinski definition) is 2. The van der Waals surface area contributed by atoms with Crippen molar-refractivity contribution in [2.75, 3.05) is 13.6 Å².